The lowest BCUT2D eigenvalue weighted by molar-refractivity contribution is -0.121. The zero-order chi connectivity index (χ0) is 15.9. The predicted molar refractivity (Wildman–Crippen MR) is 86.1 cm³/mol. The van der Waals surface area contributed by atoms with Gasteiger partial charge in [-0.25, -0.2) is 4.98 Å². The van der Waals surface area contributed by atoms with Gasteiger partial charge in [-0.15, -0.1) is 11.3 Å². The number of carbonyl (C=O) groups excluding carboxylic acids is 1. The van der Waals surface area contributed by atoms with Crippen LogP contribution in [0.25, 0.3) is 0 Å². The van der Waals surface area contributed by atoms with Crippen molar-refractivity contribution in [1.82, 2.24) is 9.88 Å². The van der Waals surface area contributed by atoms with Crippen LogP contribution in [0.5, 0.6) is 0 Å². The van der Waals surface area contributed by atoms with E-state index in [1.807, 2.05) is 17.5 Å². The van der Waals surface area contributed by atoms with Crippen molar-refractivity contribution >= 4 is 22.4 Å². The molecule has 0 aliphatic carbocycles. The number of furan rings is 1. The van der Waals surface area contributed by atoms with Gasteiger partial charge in [0.25, 0.3) is 0 Å². The third-order valence-electron chi connectivity index (χ3n) is 4.90. The predicted octanol–water partition coefficient (Wildman–Crippen LogP) is 2.19. The molecular weight excluding hydrogens is 314 g/mol. The Morgan fingerprint density at radius 3 is 2.87 bits per heavy atom. The van der Waals surface area contributed by atoms with Crippen LogP contribution in [0.15, 0.2) is 34.4 Å². The Labute approximate surface area is 138 Å². The number of nitrogens with zero attached hydrogens (tertiary/aromatic N) is 2. The van der Waals surface area contributed by atoms with Crippen molar-refractivity contribution in [2.45, 2.75) is 43.4 Å². The first-order valence-electron chi connectivity index (χ1n) is 7.85. The minimum absolute atomic E-state index is 0.0414. The zero-order valence-corrected chi connectivity index (χ0v) is 13.5. The Balaban J connectivity index is 1.43. The van der Waals surface area contributed by atoms with Gasteiger partial charge < -0.3 is 14.8 Å². The number of thiazole rings is 1. The Morgan fingerprint density at radius 1 is 1.48 bits per heavy atom. The van der Waals surface area contributed by atoms with Crippen molar-refractivity contribution in [3.8, 4) is 0 Å². The maximum Gasteiger partial charge on any atom is 0.240 e. The molecule has 4 rings (SSSR count). The SMILES string of the molecule is O=C(CN1[C@@H]2CC[C@H]1CC(O)(c1ccco1)C2)Nc1nccs1. The molecule has 2 aliphatic heterocycles. The number of carbonyl (C=O) groups is 1. The second-order valence-corrected chi connectivity index (χ2v) is 7.25. The fourth-order valence-corrected chi connectivity index (χ4v) is 4.47. The van der Waals surface area contributed by atoms with E-state index in [0.29, 0.717) is 30.3 Å². The molecule has 4 heterocycles. The molecular formula is C16H19N3O3S. The third kappa shape index (κ3) is 2.80. The number of rotatable bonds is 4. The van der Waals surface area contributed by atoms with Crippen LogP contribution >= 0.6 is 11.3 Å². The number of nitrogens with one attached hydrogen (secondary N) is 1. The molecule has 122 valence electrons. The van der Waals surface area contributed by atoms with Crippen molar-refractivity contribution in [1.29, 1.82) is 0 Å². The first-order valence-corrected chi connectivity index (χ1v) is 8.73. The second-order valence-electron chi connectivity index (χ2n) is 6.36. The highest BCUT2D eigenvalue weighted by Crippen LogP contribution is 2.45. The molecule has 1 unspecified atom stereocenters. The molecule has 2 saturated heterocycles. The molecule has 0 aromatic carbocycles. The Kier molecular flexibility index (Phi) is 3.71. The van der Waals surface area contributed by atoms with Gasteiger partial charge in [-0.3, -0.25) is 9.69 Å². The van der Waals surface area contributed by atoms with Gasteiger partial charge in [0, 0.05) is 23.7 Å². The maximum absolute atomic E-state index is 12.2. The molecule has 2 aliphatic rings. The van der Waals surface area contributed by atoms with Crippen LogP contribution in [-0.2, 0) is 10.4 Å². The molecule has 0 radical (unpaired) electrons. The first kappa shape index (κ1) is 14.9. The molecule has 2 fully saturated rings. The standard InChI is InChI=1S/C16H19N3O3S/c20-14(18-15-17-5-7-23-15)10-19-11-3-4-12(19)9-16(21,8-11)13-2-1-6-22-13/h1-2,5-7,11-12,21H,3-4,8-10H2,(H,17,18,20)/t11-,12+,16?. The molecule has 7 heteroatoms. The number of hydrogen-bond donors (Lipinski definition) is 2. The molecule has 0 saturated carbocycles. The van der Waals surface area contributed by atoms with Crippen molar-refractivity contribution in [2.24, 2.45) is 0 Å². The van der Waals surface area contributed by atoms with Crippen LogP contribution in [0.1, 0.15) is 31.4 Å². The molecule has 1 amide bonds. The third-order valence-corrected chi connectivity index (χ3v) is 5.59. The highest BCUT2D eigenvalue weighted by atomic mass is 32.1. The highest BCUT2D eigenvalue weighted by Gasteiger charge is 2.49. The maximum atomic E-state index is 12.2. The van der Waals surface area contributed by atoms with Gasteiger partial charge in [-0.1, -0.05) is 0 Å². The van der Waals surface area contributed by atoms with Gasteiger partial charge in [0.2, 0.25) is 5.91 Å². The summed E-state index contributed by atoms with van der Waals surface area (Å²) in [6.45, 7) is 0.350. The molecule has 23 heavy (non-hydrogen) atoms. The van der Waals surface area contributed by atoms with E-state index < -0.39 is 5.60 Å². The minimum Gasteiger partial charge on any atom is -0.466 e. The van der Waals surface area contributed by atoms with Crippen LogP contribution < -0.4 is 5.32 Å². The van der Waals surface area contributed by atoms with Gasteiger partial charge >= 0.3 is 0 Å². The normalized spacial score (nSPS) is 30.5. The van der Waals surface area contributed by atoms with E-state index in [-0.39, 0.29) is 18.0 Å². The quantitative estimate of drug-likeness (QED) is 0.897. The summed E-state index contributed by atoms with van der Waals surface area (Å²) in [6, 6.07) is 4.07. The average Bonchev–Trinajstić information content (AvgIpc) is 3.23. The number of hydrogen-bond acceptors (Lipinski definition) is 6. The summed E-state index contributed by atoms with van der Waals surface area (Å²) in [6.07, 6.45) is 6.52. The van der Waals surface area contributed by atoms with Crippen LogP contribution in [-0.4, -0.2) is 39.5 Å². The van der Waals surface area contributed by atoms with E-state index in [0.717, 1.165) is 12.8 Å². The van der Waals surface area contributed by atoms with Gasteiger partial charge in [-0.05, 0) is 37.8 Å². The number of piperidine rings is 1. The van der Waals surface area contributed by atoms with Crippen LogP contribution in [0, 0.1) is 0 Å². The van der Waals surface area contributed by atoms with E-state index >= 15 is 0 Å². The van der Waals surface area contributed by atoms with Crippen molar-refractivity contribution in [3.63, 3.8) is 0 Å². The number of aliphatic hydroxyl groups is 1. The summed E-state index contributed by atoms with van der Waals surface area (Å²) in [4.78, 5) is 18.5. The summed E-state index contributed by atoms with van der Waals surface area (Å²) in [5.41, 5.74) is -0.905. The molecule has 2 N–H and O–H groups in total. The monoisotopic (exact) mass is 333 g/mol. The first-order chi connectivity index (χ1) is 11.1. The molecule has 2 bridgehead atoms. The minimum atomic E-state index is -0.905. The summed E-state index contributed by atoms with van der Waals surface area (Å²) < 4.78 is 5.43. The number of aromatic nitrogens is 1. The number of amides is 1. The summed E-state index contributed by atoms with van der Waals surface area (Å²) in [7, 11) is 0. The fourth-order valence-electron chi connectivity index (χ4n) is 3.93. The number of anilines is 1. The number of fused-ring (bicyclic) bond motifs is 2. The lowest BCUT2D eigenvalue weighted by atomic mass is 9.84. The smallest absolute Gasteiger partial charge is 0.240 e. The van der Waals surface area contributed by atoms with Crippen molar-refractivity contribution < 1.29 is 14.3 Å². The molecule has 2 aromatic rings. The van der Waals surface area contributed by atoms with Gasteiger partial charge in [0.05, 0.1) is 12.8 Å². The lowest BCUT2D eigenvalue weighted by Gasteiger charge is -2.42. The largest absolute Gasteiger partial charge is 0.466 e. The summed E-state index contributed by atoms with van der Waals surface area (Å²) in [5.74, 6) is 0.599. The molecule has 0 spiro atoms. The summed E-state index contributed by atoms with van der Waals surface area (Å²) >= 11 is 1.41. The Bertz CT molecular complexity index is 657. The Morgan fingerprint density at radius 2 is 2.26 bits per heavy atom. The fraction of sp³-hybridized carbons (Fsp3) is 0.500. The second kappa shape index (κ2) is 5.74. The average molecular weight is 333 g/mol. The van der Waals surface area contributed by atoms with E-state index in [4.69, 9.17) is 4.42 Å². The van der Waals surface area contributed by atoms with Gasteiger partial charge in [0.1, 0.15) is 11.4 Å². The van der Waals surface area contributed by atoms with Crippen molar-refractivity contribution in [2.75, 3.05) is 11.9 Å². The highest BCUT2D eigenvalue weighted by molar-refractivity contribution is 7.13. The van der Waals surface area contributed by atoms with Crippen molar-refractivity contribution in [3.05, 3.63) is 35.7 Å². The van der Waals surface area contributed by atoms with Crippen LogP contribution in [0.4, 0.5) is 5.13 Å². The van der Waals surface area contributed by atoms with Crippen LogP contribution in [0.3, 0.4) is 0 Å². The summed E-state index contributed by atoms with van der Waals surface area (Å²) in [5, 5.41) is 16.2. The van der Waals surface area contributed by atoms with Crippen LogP contribution in [0.2, 0.25) is 0 Å². The Hall–Kier alpha value is -1.70. The van der Waals surface area contributed by atoms with E-state index in [2.05, 4.69) is 15.2 Å². The lowest BCUT2D eigenvalue weighted by Crippen LogP contribution is -2.51. The van der Waals surface area contributed by atoms with E-state index in [1.165, 1.54) is 11.3 Å². The van der Waals surface area contributed by atoms with E-state index in [9.17, 15) is 9.90 Å². The van der Waals surface area contributed by atoms with Gasteiger partial charge in [-0.2, -0.15) is 0 Å². The zero-order valence-electron chi connectivity index (χ0n) is 12.6. The van der Waals surface area contributed by atoms with E-state index in [1.54, 1.807) is 12.5 Å². The topological polar surface area (TPSA) is 78.6 Å². The molecule has 2 aromatic heterocycles. The molecule has 3 atom stereocenters. The van der Waals surface area contributed by atoms with Gasteiger partial charge in [0.15, 0.2) is 5.13 Å². The molecule has 6 nitrogen and oxygen atoms in total.